The monoisotopic (exact) mass is 181 g/mol. The Hall–Kier alpha value is -1.13. The van der Waals surface area contributed by atoms with Crippen LogP contribution in [0.4, 0.5) is 5.82 Å². The van der Waals surface area contributed by atoms with Crippen LogP contribution >= 0.6 is 0 Å². The van der Waals surface area contributed by atoms with Crippen LogP contribution in [0.2, 0.25) is 0 Å². The van der Waals surface area contributed by atoms with Crippen molar-refractivity contribution in [1.29, 1.82) is 0 Å². The Morgan fingerprint density at radius 3 is 2.85 bits per heavy atom. The molecule has 1 aromatic heterocycles. The van der Waals surface area contributed by atoms with E-state index in [4.69, 9.17) is 11.5 Å². The molecule has 72 valence electrons. The van der Waals surface area contributed by atoms with Crippen molar-refractivity contribution in [2.24, 2.45) is 5.73 Å². The molecule has 0 radical (unpaired) electrons. The lowest BCUT2D eigenvalue weighted by Crippen LogP contribution is -2.28. The summed E-state index contributed by atoms with van der Waals surface area (Å²) in [5, 5.41) is 9.72. The smallest absolute Gasteiger partial charge is 0.129 e. The molecule has 0 aromatic carbocycles. The molecule has 1 heterocycles. The number of hydrogen-bond donors (Lipinski definition) is 3. The predicted octanol–water partition coefficient (Wildman–Crippen LogP) is 0.434. The van der Waals surface area contributed by atoms with E-state index in [0.717, 1.165) is 0 Å². The van der Waals surface area contributed by atoms with Crippen molar-refractivity contribution in [3.8, 4) is 0 Å². The van der Waals surface area contributed by atoms with Crippen LogP contribution in [-0.2, 0) is 0 Å². The van der Waals surface area contributed by atoms with Crippen LogP contribution in [0.15, 0.2) is 18.3 Å². The highest BCUT2D eigenvalue weighted by atomic mass is 16.3. The fraction of sp³-hybridized carbons (Fsp3) is 0.444. The van der Waals surface area contributed by atoms with Crippen LogP contribution in [0, 0.1) is 0 Å². The van der Waals surface area contributed by atoms with Gasteiger partial charge in [-0.25, -0.2) is 4.98 Å². The standard InChI is InChI=1S/C9H15N3O/c1-2-7(10)8(13)6-4-3-5-12-9(6)11/h3-5,7-8,13H,2,10H2,1H3,(H2,11,12)/t7-,8-/m1/s1. The lowest BCUT2D eigenvalue weighted by Gasteiger charge is -2.18. The first-order valence-corrected chi connectivity index (χ1v) is 4.30. The third-order valence-corrected chi connectivity index (χ3v) is 2.07. The van der Waals surface area contributed by atoms with Gasteiger partial charge in [-0.1, -0.05) is 13.0 Å². The number of rotatable bonds is 3. The maximum absolute atomic E-state index is 9.72. The molecule has 0 bridgehead atoms. The van der Waals surface area contributed by atoms with Crippen LogP contribution in [0.25, 0.3) is 0 Å². The van der Waals surface area contributed by atoms with Crippen LogP contribution in [0.1, 0.15) is 25.0 Å². The number of nitrogens with two attached hydrogens (primary N) is 2. The Kier molecular flexibility index (Phi) is 3.22. The average molecular weight is 181 g/mol. The summed E-state index contributed by atoms with van der Waals surface area (Å²) in [7, 11) is 0. The van der Waals surface area contributed by atoms with Crippen LogP contribution in [0.5, 0.6) is 0 Å². The highest BCUT2D eigenvalue weighted by Gasteiger charge is 2.17. The third-order valence-electron chi connectivity index (χ3n) is 2.07. The summed E-state index contributed by atoms with van der Waals surface area (Å²) in [6, 6.07) is 3.19. The van der Waals surface area contributed by atoms with Gasteiger partial charge in [-0.15, -0.1) is 0 Å². The predicted molar refractivity (Wildman–Crippen MR) is 51.9 cm³/mol. The van der Waals surface area contributed by atoms with Gasteiger partial charge in [-0.2, -0.15) is 0 Å². The van der Waals surface area contributed by atoms with E-state index < -0.39 is 6.10 Å². The van der Waals surface area contributed by atoms with Gasteiger partial charge in [0.1, 0.15) is 5.82 Å². The molecule has 13 heavy (non-hydrogen) atoms. The number of aliphatic hydroxyl groups is 1. The molecule has 5 N–H and O–H groups in total. The highest BCUT2D eigenvalue weighted by molar-refractivity contribution is 5.40. The number of nitrogen functional groups attached to an aromatic ring is 1. The maximum atomic E-state index is 9.72. The molecule has 0 saturated heterocycles. The van der Waals surface area contributed by atoms with E-state index in [0.29, 0.717) is 17.8 Å². The second-order valence-corrected chi connectivity index (χ2v) is 2.99. The van der Waals surface area contributed by atoms with Gasteiger partial charge >= 0.3 is 0 Å². The second kappa shape index (κ2) is 4.20. The first-order chi connectivity index (χ1) is 6.16. The SMILES string of the molecule is CC[C@@H](N)[C@H](O)c1cccnc1N. The lowest BCUT2D eigenvalue weighted by atomic mass is 10.0. The summed E-state index contributed by atoms with van der Waals surface area (Å²) in [6.45, 7) is 1.92. The van der Waals surface area contributed by atoms with Crippen molar-refractivity contribution in [1.82, 2.24) is 4.98 Å². The Morgan fingerprint density at radius 2 is 2.31 bits per heavy atom. The van der Waals surface area contributed by atoms with E-state index in [2.05, 4.69) is 4.98 Å². The summed E-state index contributed by atoms with van der Waals surface area (Å²) in [6.07, 6.45) is 1.57. The van der Waals surface area contributed by atoms with Crippen molar-refractivity contribution < 1.29 is 5.11 Å². The summed E-state index contributed by atoms with van der Waals surface area (Å²) < 4.78 is 0. The molecule has 1 rings (SSSR count). The van der Waals surface area contributed by atoms with Crippen molar-refractivity contribution >= 4 is 5.82 Å². The average Bonchev–Trinajstić information content (AvgIpc) is 2.16. The molecule has 0 aliphatic carbocycles. The number of nitrogens with zero attached hydrogens (tertiary/aromatic N) is 1. The molecule has 0 unspecified atom stereocenters. The summed E-state index contributed by atoms with van der Waals surface area (Å²) in [4.78, 5) is 3.88. The highest BCUT2D eigenvalue weighted by Crippen LogP contribution is 2.20. The minimum atomic E-state index is -0.723. The minimum Gasteiger partial charge on any atom is -0.387 e. The fourth-order valence-electron chi connectivity index (χ4n) is 1.13. The van der Waals surface area contributed by atoms with E-state index in [1.54, 1.807) is 18.3 Å². The molecule has 1 aromatic rings. The first kappa shape index (κ1) is 9.95. The molecule has 0 amide bonds. The Morgan fingerprint density at radius 1 is 1.62 bits per heavy atom. The van der Waals surface area contributed by atoms with Gasteiger partial charge in [0, 0.05) is 17.8 Å². The van der Waals surface area contributed by atoms with Crippen molar-refractivity contribution in [2.45, 2.75) is 25.5 Å². The molecule has 0 saturated carbocycles. The maximum Gasteiger partial charge on any atom is 0.129 e. The van der Waals surface area contributed by atoms with Crippen molar-refractivity contribution in [2.75, 3.05) is 5.73 Å². The number of hydrogen-bond acceptors (Lipinski definition) is 4. The molecular weight excluding hydrogens is 166 g/mol. The van der Waals surface area contributed by atoms with Gasteiger partial charge in [-0.3, -0.25) is 0 Å². The topological polar surface area (TPSA) is 85.2 Å². The van der Waals surface area contributed by atoms with E-state index in [9.17, 15) is 5.11 Å². The number of anilines is 1. The van der Waals surface area contributed by atoms with E-state index >= 15 is 0 Å². The van der Waals surface area contributed by atoms with Crippen LogP contribution in [-0.4, -0.2) is 16.1 Å². The number of aliphatic hydroxyl groups excluding tert-OH is 1. The van der Waals surface area contributed by atoms with E-state index in [1.165, 1.54) is 0 Å². The molecule has 4 heteroatoms. The molecule has 0 aliphatic rings. The minimum absolute atomic E-state index is 0.286. The van der Waals surface area contributed by atoms with Gasteiger partial charge in [0.05, 0.1) is 6.10 Å². The normalized spacial score (nSPS) is 15.3. The van der Waals surface area contributed by atoms with Crippen molar-refractivity contribution in [3.05, 3.63) is 23.9 Å². The van der Waals surface area contributed by atoms with Gasteiger partial charge < -0.3 is 16.6 Å². The molecule has 0 spiro atoms. The summed E-state index contributed by atoms with van der Waals surface area (Å²) >= 11 is 0. The fourth-order valence-corrected chi connectivity index (χ4v) is 1.13. The summed E-state index contributed by atoms with van der Waals surface area (Å²) in [5.41, 5.74) is 11.9. The van der Waals surface area contributed by atoms with Gasteiger partial charge in [-0.05, 0) is 12.5 Å². The summed E-state index contributed by atoms with van der Waals surface area (Å²) in [5.74, 6) is 0.346. The number of aromatic nitrogens is 1. The Labute approximate surface area is 77.6 Å². The first-order valence-electron chi connectivity index (χ1n) is 4.30. The second-order valence-electron chi connectivity index (χ2n) is 2.99. The van der Waals surface area contributed by atoms with Crippen LogP contribution < -0.4 is 11.5 Å². The van der Waals surface area contributed by atoms with E-state index in [-0.39, 0.29) is 6.04 Å². The van der Waals surface area contributed by atoms with Crippen LogP contribution in [0.3, 0.4) is 0 Å². The third kappa shape index (κ3) is 2.17. The quantitative estimate of drug-likeness (QED) is 0.631. The Bertz CT molecular complexity index is 277. The number of pyridine rings is 1. The molecular formula is C9H15N3O. The van der Waals surface area contributed by atoms with Gasteiger partial charge in [0.2, 0.25) is 0 Å². The lowest BCUT2D eigenvalue weighted by molar-refractivity contribution is 0.145. The zero-order chi connectivity index (χ0) is 9.84. The molecule has 4 nitrogen and oxygen atoms in total. The molecule has 0 fully saturated rings. The largest absolute Gasteiger partial charge is 0.387 e. The Balaban J connectivity index is 2.88. The zero-order valence-corrected chi connectivity index (χ0v) is 7.64. The zero-order valence-electron chi connectivity index (χ0n) is 7.64. The van der Waals surface area contributed by atoms with Gasteiger partial charge in [0.25, 0.3) is 0 Å². The molecule has 2 atom stereocenters. The van der Waals surface area contributed by atoms with E-state index in [1.807, 2.05) is 6.92 Å². The molecule has 0 aliphatic heterocycles. The van der Waals surface area contributed by atoms with Gasteiger partial charge in [0.15, 0.2) is 0 Å². The van der Waals surface area contributed by atoms with Crippen molar-refractivity contribution in [3.63, 3.8) is 0 Å².